The van der Waals surface area contributed by atoms with Gasteiger partial charge >= 0.3 is 0 Å². The topological polar surface area (TPSA) is 26.3 Å². The van der Waals surface area contributed by atoms with Gasteiger partial charge in [0.2, 0.25) is 0 Å². The lowest BCUT2D eigenvalue weighted by Gasteiger charge is -2.56. The first kappa shape index (κ1) is 13.4. The first-order chi connectivity index (χ1) is 10.2. The summed E-state index contributed by atoms with van der Waals surface area (Å²) < 4.78 is 5.70. The number of Topliss-reactive ketones (excluding diaryl/α,β-unsaturated/α-hetero) is 1. The average Bonchev–Trinajstić information content (AvgIpc) is 2.46. The van der Waals surface area contributed by atoms with Crippen molar-refractivity contribution in [2.45, 2.75) is 45.4 Å². The molecule has 1 aromatic rings. The summed E-state index contributed by atoms with van der Waals surface area (Å²) in [5, 5.41) is 0. The van der Waals surface area contributed by atoms with Crippen LogP contribution in [-0.2, 0) is 0 Å². The van der Waals surface area contributed by atoms with Crippen LogP contribution < -0.4 is 4.74 Å². The fourth-order valence-electron chi connectivity index (χ4n) is 5.61. The molecular weight excluding hydrogens is 260 g/mol. The van der Waals surface area contributed by atoms with Crippen LogP contribution in [0.5, 0.6) is 5.75 Å². The van der Waals surface area contributed by atoms with E-state index in [2.05, 4.69) is 0 Å². The van der Waals surface area contributed by atoms with E-state index < -0.39 is 0 Å². The number of ketones is 1. The second kappa shape index (κ2) is 4.86. The summed E-state index contributed by atoms with van der Waals surface area (Å²) in [6.45, 7) is 2.59. The molecule has 4 fully saturated rings. The number of carbonyl (C=O) groups is 1. The number of hydrogen-bond acceptors (Lipinski definition) is 2. The lowest BCUT2D eigenvalue weighted by Crippen LogP contribution is -2.50. The average molecular weight is 284 g/mol. The number of rotatable bonds is 4. The number of benzene rings is 1. The van der Waals surface area contributed by atoms with Crippen molar-refractivity contribution in [2.75, 3.05) is 6.61 Å². The standard InChI is InChI=1S/C19H24O2/c1-2-21-17-6-4-3-5-16(17)18(20)19-10-13-7-14(11-19)9-15(8-13)12-19/h3-6,13-15H,2,7-12H2,1H3. The summed E-state index contributed by atoms with van der Waals surface area (Å²) in [5.74, 6) is 3.56. The van der Waals surface area contributed by atoms with Crippen molar-refractivity contribution in [3.8, 4) is 5.75 Å². The lowest BCUT2D eigenvalue weighted by atomic mass is 9.48. The number of para-hydroxylation sites is 1. The van der Waals surface area contributed by atoms with Crippen molar-refractivity contribution in [1.29, 1.82) is 0 Å². The molecule has 0 amide bonds. The zero-order valence-electron chi connectivity index (χ0n) is 12.8. The maximum atomic E-state index is 13.3. The summed E-state index contributed by atoms with van der Waals surface area (Å²) in [6, 6.07) is 7.83. The minimum absolute atomic E-state index is 0.0675. The quantitative estimate of drug-likeness (QED) is 0.762. The van der Waals surface area contributed by atoms with E-state index in [1.54, 1.807) is 0 Å². The lowest BCUT2D eigenvalue weighted by molar-refractivity contribution is -0.0354. The summed E-state index contributed by atoms with van der Waals surface area (Å²) >= 11 is 0. The van der Waals surface area contributed by atoms with Gasteiger partial charge < -0.3 is 4.74 Å². The minimum atomic E-state index is -0.0675. The Bertz CT molecular complexity index is 525. The van der Waals surface area contributed by atoms with Crippen molar-refractivity contribution in [3.63, 3.8) is 0 Å². The Morgan fingerprint density at radius 2 is 1.67 bits per heavy atom. The largest absolute Gasteiger partial charge is 0.493 e. The molecule has 0 radical (unpaired) electrons. The van der Waals surface area contributed by atoms with Gasteiger partial charge in [-0.1, -0.05) is 12.1 Å². The van der Waals surface area contributed by atoms with E-state index in [4.69, 9.17) is 4.74 Å². The third kappa shape index (κ3) is 2.11. The molecule has 0 aromatic heterocycles. The molecule has 0 spiro atoms. The molecule has 4 saturated carbocycles. The molecule has 0 aliphatic heterocycles. The monoisotopic (exact) mass is 284 g/mol. The predicted octanol–water partition coefficient (Wildman–Crippen LogP) is 4.48. The van der Waals surface area contributed by atoms with Crippen molar-refractivity contribution >= 4 is 5.78 Å². The molecule has 1 aromatic carbocycles. The van der Waals surface area contributed by atoms with E-state index in [1.165, 1.54) is 19.3 Å². The highest BCUT2D eigenvalue weighted by Crippen LogP contribution is 2.61. The maximum Gasteiger partial charge on any atom is 0.172 e. The zero-order valence-corrected chi connectivity index (χ0v) is 12.8. The van der Waals surface area contributed by atoms with Gasteiger partial charge in [0.15, 0.2) is 5.78 Å². The molecule has 0 atom stereocenters. The van der Waals surface area contributed by atoms with Crippen LogP contribution in [0.25, 0.3) is 0 Å². The van der Waals surface area contributed by atoms with E-state index in [0.717, 1.165) is 48.3 Å². The Labute approximate surface area is 126 Å². The van der Waals surface area contributed by atoms with Crippen LogP contribution in [0.4, 0.5) is 0 Å². The predicted molar refractivity (Wildman–Crippen MR) is 82.5 cm³/mol. The molecule has 2 heteroatoms. The van der Waals surface area contributed by atoms with E-state index in [9.17, 15) is 4.79 Å². The van der Waals surface area contributed by atoms with Crippen LogP contribution in [-0.4, -0.2) is 12.4 Å². The van der Waals surface area contributed by atoms with Gasteiger partial charge in [0, 0.05) is 5.41 Å². The second-order valence-electron chi connectivity index (χ2n) is 7.46. The van der Waals surface area contributed by atoms with Gasteiger partial charge in [-0.3, -0.25) is 4.79 Å². The molecule has 0 saturated heterocycles. The normalized spacial score (nSPS) is 36.7. The highest BCUT2D eigenvalue weighted by molar-refractivity contribution is 6.03. The molecule has 0 N–H and O–H groups in total. The molecule has 4 aliphatic carbocycles. The number of ether oxygens (including phenoxy) is 1. The third-order valence-electron chi connectivity index (χ3n) is 5.95. The van der Waals surface area contributed by atoms with Gasteiger partial charge in [-0.25, -0.2) is 0 Å². The second-order valence-corrected chi connectivity index (χ2v) is 7.46. The number of hydrogen-bond donors (Lipinski definition) is 0. The van der Waals surface area contributed by atoms with Crippen molar-refractivity contribution in [1.82, 2.24) is 0 Å². The third-order valence-corrected chi connectivity index (χ3v) is 5.95. The Morgan fingerprint density at radius 3 is 2.24 bits per heavy atom. The van der Waals surface area contributed by atoms with Gasteiger partial charge in [-0.05, 0) is 75.3 Å². The molecule has 112 valence electrons. The van der Waals surface area contributed by atoms with Gasteiger partial charge in [0.05, 0.1) is 12.2 Å². The van der Waals surface area contributed by atoms with Crippen molar-refractivity contribution in [3.05, 3.63) is 29.8 Å². The first-order valence-electron chi connectivity index (χ1n) is 8.47. The Hall–Kier alpha value is -1.31. The van der Waals surface area contributed by atoms with Crippen molar-refractivity contribution < 1.29 is 9.53 Å². The van der Waals surface area contributed by atoms with Crippen LogP contribution in [0.2, 0.25) is 0 Å². The summed E-state index contributed by atoms with van der Waals surface area (Å²) in [6.07, 6.45) is 7.49. The van der Waals surface area contributed by atoms with Gasteiger partial charge in [0.25, 0.3) is 0 Å². The summed E-state index contributed by atoms with van der Waals surface area (Å²) in [5.41, 5.74) is 0.753. The Morgan fingerprint density at radius 1 is 1.10 bits per heavy atom. The highest BCUT2D eigenvalue weighted by atomic mass is 16.5. The van der Waals surface area contributed by atoms with Gasteiger partial charge in [-0.2, -0.15) is 0 Å². The summed E-state index contributed by atoms with van der Waals surface area (Å²) in [7, 11) is 0. The molecule has 5 rings (SSSR count). The van der Waals surface area contributed by atoms with Crippen LogP contribution >= 0.6 is 0 Å². The molecular formula is C19H24O2. The molecule has 4 bridgehead atoms. The first-order valence-corrected chi connectivity index (χ1v) is 8.47. The fraction of sp³-hybridized carbons (Fsp3) is 0.632. The molecule has 2 nitrogen and oxygen atoms in total. The van der Waals surface area contributed by atoms with Crippen LogP contribution in [0.15, 0.2) is 24.3 Å². The smallest absolute Gasteiger partial charge is 0.172 e. The molecule has 0 heterocycles. The van der Waals surface area contributed by atoms with Crippen LogP contribution in [0, 0.1) is 23.2 Å². The Balaban J connectivity index is 1.69. The SMILES string of the molecule is CCOc1ccccc1C(=O)C12CC3CC(CC(C3)C1)C2. The van der Waals surface area contributed by atoms with Gasteiger partial charge in [-0.15, -0.1) is 0 Å². The molecule has 21 heavy (non-hydrogen) atoms. The highest BCUT2D eigenvalue weighted by Gasteiger charge is 2.54. The van der Waals surface area contributed by atoms with E-state index in [-0.39, 0.29) is 5.41 Å². The zero-order chi connectivity index (χ0) is 14.4. The van der Waals surface area contributed by atoms with Crippen LogP contribution in [0.1, 0.15) is 55.8 Å². The minimum Gasteiger partial charge on any atom is -0.493 e. The summed E-state index contributed by atoms with van der Waals surface area (Å²) in [4.78, 5) is 13.3. The fourth-order valence-corrected chi connectivity index (χ4v) is 5.61. The number of carbonyl (C=O) groups excluding carboxylic acids is 1. The van der Waals surface area contributed by atoms with Gasteiger partial charge in [0.1, 0.15) is 5.75 Å². The molecule has 4 aliphatic rings. The van der Waals surface area contributed by atoms with Crippen LogP contribution in [0.3, 0.4) is 0 Å². The Kier molecular flexibility index (Phi) is 3.09. The van der Waals surface area contributed by atoms with E-state index in [1.807, 2.05) is 31.2 Å². The maximum absolute atomic E-state index is 13.3. The van der Waals surface area contributed by atoms with E-state index >= 15 is 0 Å². The van der Waals surface area contributed by atoms with E-state index in [0.29, 0.717) is 12.4 Å². The van der Waals surface area contributed by atoms with Crippen molar-refractivity contribution in [2.24, 2.45) is 23.2 Å². The molecule has 0 unspecified atom stereocenters.